The molecule has 6 nitrogen and oxygen atoms in total. The summed E-state index contributed by atoms with van der Waals surface area (Å²) in [4.78, 5) is 29.5. The topological polar surface area (TPSA) is 74.4 Å². The monoisotopic (exact) mass is 357 g/mol. The highest BCUT2D eigenvalue weighted by Gasteiger charge is 2.21. The number of benzene rings is 1. The van der Waals surface area contributed by atoms with Gasteiger partial charge in [0.1, 0.15) is 11.4 Å². The summed E-state index contributed by atoms with van der Waals surface area (Å²) >= 11 is 0. The molecular formula is C20H27N3O3. The average molecular weight is 357 g/mol. The number of amides is 1. The summed E-state index contributed by atoms with van der Waals surface area (Å²) in [5, 5.41) is 2.97. The molecule has 2 N–H and O–H groups in total. The Morgan fingerprint density at radius 1 is 1.19 bits per heavy atom. The molecule has 0 bridgehead atoms. The first-order chi connectivity index (χ1) is 12.3. The maximum Gasteiger partial charge on any atom is 0.268 e. The summed E-state index contributed by atoms with van der Waals surface area (Å²) in [6.45, 7) is 5.56. The van der Waals surface area contributed by atoms with Crippen LogP contribution in [0.3, 0.4) is 0 Å². The highest BCUT2D eigenvalue weighted by atomic mass is 16.5. The Morgan fingerprint density at radius 2 is 1.81 bits per heavy atom. The molecule has 0 spiro atoms. The first-order valence-corrected chi connectivity index (χ1v) is 8.55. The SMILES string of the molecule is COc1ccc([C@H](CNC(=O)c2[nH]c(C)c(C(C)=O)c2C)N(C)C)cc1. The third-order valence-corrected chi connectivity index (χ3v) is 4.60. The van der Waals surface area contributed by atoms with Crippen LogP contribution in [-0.4, -0.2) is 49.3 Å². The third kappa shape index (κ3) is 4.14. The molecule has 6 heteroatoms. The van der Waals surface area contributed by atoms with E-state index in [1.165, 1.54) is 6.92 Å². The minimum absolute atomic E-state index is 0.0218. The molecule has 0 aliphatic carbocycles. The lowest BCUT2D eigenvalue weighted by atomic mass is 10.0. The number of methoxy groups -OCH3 is 1. The second kappa shape index (κ2) is 8.19. The Kier molecular flexibility index (Phi) is 6.21. The van der Waals surface area contributed by atoms with E-state index in [0.717, 1.165) is 17.0 Å². The summed E-state index contributed by atoms with van der Waals surface area (Å²) in [5.74, 6) is 0.544. The Labute approximate surface area is 154 Å². The van der Waals surface area contributed by atoms with Gasteiger partial charge < -0.3 is 19.9 Å². The Hall–Kier alpha value is -2.60. The van der Waals surface area contributed by atoms with E-state index in [2.05, 4.69) is 15.2 Å². The molecule has 1 heterocycles. The fourth-order valence-electron chi connectivity index (χ4n) is 3.21. The summed E-state index contributed by atoms with van der Waals surface area (Å²) in [6, 6.07) is 7.82. The molecule has 0 aliphatic rings. The van der Waals surface area contributed by atoms with Gasteiger partial charge >= 0.3 is 0 Å². The minimum atomic E-state index is -0.210. The summed E-state index contributed by atoms with van der Waals surface area (Å²) in [5.41, 5.74) is 3.53. The summed E-state index contributed by atoms with van der Waals surface area (Å²) < 4.78 is 5.20. The van der Waals surface area contributed by atoms with Gasteiger partial charge in [0.05, 0.1) is 13.2 Å². The molecule has 2 rings (SSSR count). The van der Waals surface area contributed by atoms with Crippen molar-refractivity contribution in [3.8, 4) is 5.75 Å². The number of Topliss-reactive ketones (excluding diaryl/α,β-unsaturated/α-hetero) is 1. The molecule has 0 saturated heterocycles. The average Bonchev–Trinajstić information content (AvgIpc) is 2.89. The van der Waals surface area contributed by atoms with E-state index in [4.69, 9.17) is 4.74 Å². The molecule has 1 atom stereocenters. The molecule has 140 valence electrons. The first kappa shape index (κ1) is 19.7. The number of hydrogen-bond acceptors (Lipinski definition) is 4. The number of H-pyrrole nitrogens is 1. The second-order valence-corrected chi connectivity index (χ2v) is 6.64. The third-order valence-electron chi connectivity index (χ3n) is 4.60. The molecule has 1 aromatic heterocycles. The van der Waals surface area contributed by atoms with Crippen LogP contribution in [0.4, 0.5) is 0 Å². The number of aromatic amines is 1. The fraction of sp³-hybridized carbons (Fsp3) is 0.400. The molecule has 0 fully saturated rings. The van der Waals surface area contributed by atoms with Crippen LogP contribution >= 0.6 is 0 Å². The van der Waals surface area contributed by atoms with Gasteiger partial charge in [0.15, 0.2) is 5.78 Å². The van der Waals surface area contributed by atoms with E-state index < -0.39 is 0 Å². The van der Waals surface area contributed by atoms with Crippen LogP contribution in [0.1, 0.15) is 50.6 Å². The van der Waals surface area contributed by atoms with Crippen LogP contribution in [0, 0.1) is 13.8 Å². The van der Waals surface area contributed by atoms with Gasteiger partial charge in [-0.2, -0.15) is 0 Å². The Morgan fingerprint density at radius 3 is 2.27 bits per heavy atom. The van der Waals surface area contributed by atoms with Crippen LogP contribution < -0.4 is 10.1 Å². The van der Waals surface area contributed by atoms with E-state index in [9.17, 15) is 9.59 Å². The van der Waals surface area contributed by atoms with Crippen LogP contribution in [-0.2, 0) is 0 Å². The van der Waals surface area contributed by atoms with Crippen molar-refractivity contribution in [2.75, 3.05) is 27.7 Å². The molecule has 0 saturated carbocycles. The highest BCUT2D eigenvalue weighted by Crippen LogP contribution is 2.22. The molecule has 1 aromatic carbocycles. The zero-order chi connectivity index (χ0) is 19.4. The first-order valence-electron chi connectivity index (χ1n) is 8.55. The van der Waals surface area contributed by atoms with Crippen LogP contribution in [0.5, 0.6) is 5.75 Å². The van der Waals surface area contributed by atoms with Crippen molar-refractivity contribution in [2.45, 2.75) is 26.8 Å². The Bertz CT molecular complexity index is 791. The van der Waals surface area contributed by atoms with Gasteiger partial charge in [-0.25, -0.2) is 0 Å². The molecule has 0 unspecified atom stereocenters. The normalized spacial score (nSPS) is 12.1. The number of nitrogens with zero attached hydrogens (tertiary/aromatic N) is 1. The molecule has 1 amide bonds. The second-order valence-electron chi connectivity index (χ2n) is 6.64. The quantitative estimate of drug-likeness (QED) is 0.747. The smallest absolute Gasteiger partial charge is 0.268 e. The van der Waals surface area contributed by atoms with Crippen molar-refractivity contribution in [2.24, 2.45) is 0 Å². The van der Waals surface area contributed by atoms with Gasteiger partial charge in [0.2, 0.25) is 0 Å². The van der Waals surface area contributed by atoms with Gasteiger partial charge in [0.25, 0.3) is 5.91 Å². The van der Waals surface area contributed by atoms with E-state index in [-0.39, 0.29) is 17.7 Å². The molecule has 0 aliphatic heterocycles. The fourth-order valence-corrected chi connectivity index (χ4v) is 3.21. The molecule has 26 heavy (non-hydrogen) atoms. The number of carbonyl (C=O) groups excluding carboxylic acids is 2. The number of carbonyl (C=O) groups is 2. The standard InChI is InChI=1S/C20H27N3O3/c1-12-18(14(3)24)13(2)22-19(12)20(25)21-11-17(23(4)5)15-7-9-16(26-6)10-8-15/h7-10,17,22H,11H2,1-6H3,(H,21,25)/t17-/m0/s1. The van der Waals surface area contributed by atoms with Crippen LogP contribution in [0.2, 0.25) is 0 Å². The summed E-state index contributed by atoms with van der Waals surface area (Å²) in [6.07, 6.45) is 0. The van der Waals surface area contributed by atoms with Gasteiger partial charge in [-0.3, -0.25) is 9.59 Å². The van der Waals surface area contributed by atoms with E-state index in [1.54, 1.807) is 21.0 Å². The predicted octanol–water partition coefficient (Wildman–Crippen LogP) is 2.88. The highest BCUT2D eigenvalue weighted by molar-refractivity contribution is 6.02. The van der Waals surface area contributed by atoms with Crippen molar-refractivity contribution in [1.29, 1.82) is 0 Å². The summed E-state index contributed by atoms with van der Waals surface area (Å²) in [7, 11) is 5.58. The van der Waals surface area contributed by atoms with E-state index in [1.807, 2.05) is 38.4 Å². The number of aromatic nitrogens is 1. The lowest BCUT2D eigenvalue weighted by Gasteiger charge is -2.25. The van der Waals surface area contributed by atoms with Crippen molar-refractivity contribution < 1.29 is 14.3 Å². The van der Waals surface area contributed by atoms with Gasteiger partial charge in [0, 0.05) is 17.8 Å². The number of aryl methyl sites for hydroxylation is 1. The van der Waals surface area contributed by atoms with Gasteiger partial charge in [-0.15, -0.1) is 0 Å². The number of ether oxygens (including phenoxy) is 1. The van der Waals surface area contributed by atoms with Crippen LogP contribution in [0.15, 0.2) is 24.3 Å². The number of nitrogens with one attached hydrogen (secondary N) is 2. The molecule has 2 aromatic rings. The van der Waals surface area contributed by atoms with Crippen molar-refractivity contribution in [3.63, 3.8) is 0 Å². The van der Waals surface area contributed by atoms with Crippen molar-refractivity contribution in [3.05, 3.63) is 52.3 Å². The van der Waals surface area contributed by atoms with Crippen molar-refractivity contribution >= 4 is 11.7 Å². The van der Waals surface area contributed by atoms with Gasteiger partial charge in [-0.05, 0) is 58.1 Å². The minimum Gasteiger partial charge on any atom is -0.497 e. The number of rotatable bonds is 7. The largest absolute Gasteiger partial charge is 0.497 e. The van der Waals surface area contributed by atoms with Crippen LogP contribution in [0.25, 0.3) is 0 Å². The number of ketones is 1. The molecular weight excluding hydrogens is 330 g/mol. The van der Waals surface area contributed by atoms with Crippen molar-refractivity contribution in [1.82, 2.24) is 15.2 Å². The van der Waals surface area contributed by atoms with Gasteiger partial charge in [-0.1, -0.05) is 12.1 Å². The van der Waals surface area contributed by atoms with E-state index in [0.29, 0.717) is 23.4 Å². The number of hydrogen-bond donors (Lipinski definition) is 2. The lowest BCUT2D eigenvalue weighted by molar-refractivity contribution is 0.0936. The zero-order valence-electron chi connectivity index (χ0n) is 16.3. The maximum atomic E-state index is 12.6. The van der Waals surface area contributed by atoms with E-state index >= 15 is 0 Å². The Balaban J connectivity index is 2.15. The predicted molar refractivity (Wildman–Crippen MR) is 102 cm³/mol. The number of likely N-dealkylation sites (N-methyl/N-ethyl adjacent to an activating group) is 1. The lowest BCUT2D eigenvalue weighted by Crippen LogP contribution is -2.35. The maximum absolute atomic E-state index is 12.6. The zero-order valence-corrected chi connectivity index (χ0v) is 16.3. The molecule has 0 radical (unpaired) electrons.